The first-order valence-electron chi connectivity index (χ1n) is 6.48. The Labute approximate surface area is 118 Å². The highest BCUT2D eigenvalue weighted by Crippen LogP contribution is 2.11. The normalized spacial score (nSPS) is 10.6. The Morgan fingerprint density at radius 3 is 2.65 bits per heavy atom. The number of hydrogen-bond donors (Lipinski definition) is 1. The lowest BCUT2D eigenvalue weighted by Crippen LogP contribution is -2.16. The number of nitrogens with zero attached hydrogens (tertiary/aromatic N) is 2. The van der Waals surface area contributed by atoms with Crippen LogP contribution in [0.15, 0.2) is 30.5 Å². The lowest BCUT2D eigenvalue weighted by molar-refractivity contribution is 0.0599. The highest BCUT2D eigenvalue weighted by Gasteiger charge is 2.10. The monoisotopic (exact) mass is 273 g/mol. The third kappa shape index (κ3) is 3.24. The number of ether oxygens (including phenoxy) is 1. The number of methoxy groups -OCH3 is 1. The van der Waals surface area contributed by atoms with Gasteiger partial charge in [0.05, 0.1) is 18.4 Å². The van der Waals surface area contributed by atoms with Crippen LogP contribution in [-0.2, 0) is 24.9 Å². The fourth-order valence-electron chi connectivity index (χ4n) is 2.14. The van der Waals surface area contributed by atoms with Crippen molar-refractivity contribution in [2.45, 2.75) is 20.0 Å². The maximum Gasteiger partial charge on any atom is 0.338 e. The Morgan fingerprint density at radius 2 is 2.00 bits per heavy atom. The van der Waals surface area contributed by atoms with Crippen LogP contribution in [0.2, 0.25) is 0 Å². The topological polar surface area (TPSA) is 56.1 Å². The molecular formula is C15H19N3O2. The highest BCUT2D eigenvalue weighted by molar-refractivity contribution is 5.90. The molecule has 0 bridgehead atoms. The maximum atomic E-state index is 11.7. The molecule has 0 radical (unpaired) electrons. The molecule has 5 nitrogen and oxygen atoms in total. The van der Waals surface area contributed by atoms with E-state index in [-0.39, 0.29) is 5.97 Å². The Hall–Kier alpha value is -2.14. The minimum Gasteiger partial charge on any atom is -0.465 e. The van der Waals surface area contributed by atoms with Crippen molar-refractivity contribution in [1.82, 2.24) is 15.1 Å². The largest absolute Gasteiger partial charge is 0.465 e. The molecule has 5 heteroatoms. The van der Waals surface area contributed by atoms with E-state index in [4.69, 9.17) is 4.74 Å². The Morgan fingerprint density at radius 1 is 1.30 bits per heavy atom. The van der Waals surface area contributed by atoms with Gasteiger partial charge in [0.1, 0.15) is 0 Å². The Balaban J connectivity index is 2.01. The van der Waals surface area contributed by atoms with E-state index in [1.54, 1.807) is 10.7 Å². The molecule has 1 aromatic heterocycles. The number of esters is 1. The molecular weight excluding hydrogens is 254 g/mol. The van der Waals surface area contributed by atoms with E-state index in [1.807, 2.05) is 38.4 Å². The third-order valence-electron chi connectivity index (χ3n) is 3.17. The van der Waals surface area contributed by atoms with Gasteiger partial charge in [-0.15, -0.1) is 0 Å². The maximum absolute atomic E-state index is 11.7. The van der Waals surface area contributed by atoms with Crippen molar-refractivity contribution in [3.8, 4) is 0 Å². The van der Waals surface area contributed by atoms with E-state index in [2.05, 4.69) is 10.4 Å². The van der Waals surface area contributed by atoms with Gasteiger partial charge in [-0.25, -0.2) is 4.79 Å². The van der Waals surface area contributed by atoms with Crippen molar-refractivity contribution >= 4 is 5.97 Å². The fraction of sp³-hybridized carbons (Fsp3) is 0.333. The molecule has 0 aliphatic rings. The summed E-state index contributed by atoms with van der Waals surface area (Å²) in [5, 5.41) is 7.63. The number of hydrogen-bond acceptors (Lipinski definition) is 4. The summed E-state index contributed by atoms with van der Waals surface area (Å²) in [6, 6.07) is 7.45. The SMILES string of the molecule is COC(=O)c1ccccc1CNCc1cn(C)nc1C. The van der Waals surface area contributed by atoms with Crippen LogP contribution >= 0.6 is 0 Å². The van der Waals surface area contributed by atoms with Crippen LogP contribution in [0, 0.1) is 6.92 Å². The van der Waals surface area contributed by atoms with E-state index in [0.717, 1.165) is 23.4 Å². The molecule has 1 N–H and O–H groups in total. The van der Waals surface area contributed by atoms with Gasteiger partial charge in [-0.1, -0.05) is 18.2 Å². The highest BCUT2D eigenvalue weighted by atomic mass is 16.5. The lowest BCUT2D eigenvalue weighted by atomic mass is 10.1. The van der Waals surface area contributed by atoms with Gasteiger partial charge in [-0.05, 0) is 18.6 Å². The van der Waals surface area contributed by atoms with E-state index in [9.17, 15) is 4.79 Å². The minimum atomic E-state index is -0.306. The summed E-state index contributed by atoms with van der Waals surface area (Å²) in [7, 11) is 3.30. The fourth-order valence-corrected chi connectivity index (χ4v) is 2.14. The Kier molecular flexibility index (Phi) is 4.53. The first kappa shape index (κ1) is 14.3. The first-order valence-corrected chi connectivity index (χ1v) is 6.48. The molecule has 0 amide bonds. The molecule has 0 unspecified atom stereocenters. The van der Waals surface area contributed by atoms with Crippen LogP contribution in [0.1, 0.15) is 27.2 Å². The average Bonchev–Trinajstić information content (AvgIpc) is 2.77. The predicted octanol–water partition coefficient (Wildman–Crippen LogP) is 1.80. The number of nitrogens with one attached hydrogen (secondary N) is 1. The van der Waals surface area contributed by atoms with Crippen LogP contribution in [0.3, 0.4) is 0 Å². The number of carbonyl (C=O) groups excluding carboxylic acids is 1. The zero-order chi connectivity index (χ0) is 14.5. The van der Waals surface area contributed by atoms with Crippen molar-refractivity contribution in [1.29, 1.82) is 0 Å². The number of aryl methyl sites for hydroxylation is 2. The summed E-state index contributed by atoms with van der Waals surface area (Å²) in [6.07, 6.45) is 1.99. The molecule has 2 rings (SSSR count). The van der Waals surface area contributed by atoms with E-state index in [0.29, 0.717) is 12.1 Å². The van der Waals surface area contributed by atoms with Gasteiger partial charge in [-0.2, -0.15) is 5.10 Å². The smallest absolute Gasteiger partial charge is 0.338 e. The molecule has 2 aromatic rings. The second kappa shape index (κ2) is 6.34. The number of rotatable bonds is 5. The van der Waals surface area contributed by atoms with Gasteiger partial charge < -0.3 is 10.1 Å². The van der Waals surface area contributed by atoms with Crippen LogP contribution in [-0.4, -0.2) is 22.9 Å². The van der Waals surface area contributed by atoms with Gasteiger partial charge in [0.15, 0.2) is 0 Å². The van der Waals surface area contributed by atoms with Crippen LogP contribution in [0.5, 0.6) is 0 Å². The summed E-state index contributed by atoms with van der Waals surface area (Å²) >= 11 is 0. The Bertz CT molecular complexity index is 605. The van der Waals surface area contributed by atoms with Crippen molar-refractivity contribution in [2.75, 3.05) is 7.11 Å². The molecule has 106 valence electrons. The van der Waals surface area contributed by atoms with Gasteiger partial charge >= 0.3 is 5.97 Å². The molecule has 1 aromatic carbocycles. The van der Waals surface area contributed by atoms with Gasteiger partial charge in [-0.3, -0.25) is 4.68 Å². The van der Waals surface area contributed by atoms with E-state index in [1.165, 1.54) is 7.11 Å². The zero-order valence-corrected chi connectivity index (χ0v) is 12.0. The van der Waals surface area contributed by atoms with Gasteiger partial charge in [0, 0.05) is 31.9 Å². The van der Waals surface area contributed by atoms with Crippen molar-refractivity contribution in [2.24, 2.45) is 7.05 Å². The van der Waals surface area contributed by atoms with E-state index < -0.39 is 0 Å². The minimum absolute atomic E-state index is 0.306. The predicted molar refractivity (Wildman–Crippen MR) is 76.3 cm³/mol. The molecule has 20 heavy (non-hydrogen) atoms. The van der Waals surface area contributed by atoms with Crippen LogP contribution in [0.4, 0.5) is 0 Å². The molecule has 0 atom stereocenters. The number of aromatic nitrogens is 2. The second-order valence-electron chi connectivity index (χ2n) is 4.67. The molecule has 0 saturated heterocycles. The first-order chi connectivity index (χ1) is 9.61. The molecule has 0 fully saturated rings. The quantitative estimate of drug-likeness (QED) is 0.844. The van der Waals surface area contributed by atoms with Crippen LogP contribution in [0.25, 0.3) is 0 Å². The molecule has 1 heterocycles. The summed E-state index contributed by atoms with van der Waals surface area (Å²) < 4.78 is 6.58. The number of carbonyl (C=O) groups is 1. The summed E-state index contributed by atoms with van der Waals surface area (Å²) in [5.74, 6) is -0.306. The van der Waals surface area contributed by atoms with E-state index >= 15 is 0 Å². The van der Waals surface area contributed by atoms with Crippen molar-refractivity contribution in [3.63, 3.8) is 0 Å². The van der Waals surface area contributed by atoms with Crippen molar-refractivity contribution < 1.29 is 9.53 Å². The third-order valence-corrected chi connectivity index (χ3v) is 3.17. The van der Waals surface area contributed by atoms with Crippen LogP contribution < -0.4 is 5.32 Å². The number of benzene rings is 1. The molecule has 0 aliphatic heterocycles. The second-order valence-corrected chi connectivity index (χ2v) is 4.67. The average molecular weight is 273 g/mol. The summed E-state index contributed by atoms with van der Waals surface area (Å²) in [4.78, 5) is 11.7. The summed E-state index contributed by atoms with van der Waals surface area (Å²) in [5.41, 5.74) is 3.70. The van der Waals surface area contributed by atoms with Gasteiger partial charge in [0.2, 0.25) is 0 Å². The standard InChI is InChI=1S/C15H19N3O2/c1-11-13(10-18(2)17-11)9-16-8-12-6-4-5-7-14(12)15(19)20-3/h4-7,10,16H,8-9H2,1-3H3. The zero-order valence-electron chi connectivity index (χ0n) is 12.0. The molecule has 0 aliphatic carbocycles. The molecule has 0 saturated carbocycles. The van der Waals surface area contributed by atoms with Gasteiger partial charge in [0.25, 0.3) is 0 Å². The van der Waals surface area contributed by atoms with Crippen molar-refractivity contribution in [3.05, 3.63) is 52.8 Å². The lowest BCUT2D eigenvalue weighted by Gasteiger charge is -2.08. The summed E-state index contributed by atoms with van der Waals surface area (Å²) in [6.45, 7) is 3.31. The molecule has 0 spiro atoms.